The van der Waals surface area contributed by atoms with Gasteiger partial charge in [0.15, 0.2) is 5.78 Å². The summed E-state index contributed by atoms with van der Waals surface area (Å²) in [4.78, 5) is 37.7. The van der Waals surface area contributed by atoms with Gasteiger partial charge in [0.1, 0.15) is 0 Å². The van der Waals surface area contributed by atoms with E-state index in [0.29, 0.717) is 22.7 Å². The van der Waals surface area contributed by atoms with E-state index in [1.165, 1.54) is 50.8 Å². The highest BCUT2D eigenvalue weighted by Gasteiger charge is 2.17. The zero-order valence-electron chi connectivity index (χ0n) is 17.3. The van der Waals surface area contributed by atoms with Crippen molar-refractivity contribution >= 4 is 35.0 Å². The number of para-hydroxylation sites is 1. The third-order valence-corrected chi connectivity index (χ3v) is 6.43. The lowest BCUT2D eigenvalue weighted by atomic mass is 9.89. The highest BCUT2D eigenvalue weighted by atomic mass is 32.2. The normalized spacial score (nSPS) is 14.2. The summed E-state index contributed by atoms with van der Waals surface area (Å²) in [7, 11) is 0. The summed E-state index contributed by atoms with van der Waals surface area (Å²) in [6.45, 7) is 2.21. The Morgan fingerprint density at radius 1 is 0.933 bits per heavy atom. The van der Waals surface area contributed by atoms with Crippen molar-refractivity contribution < 1.29 is 14.4 Å². The van der Waals surface area contributed by atoms with Gasteiger partial charge in [-0.1, -0.05) is 43.5 Å². The smallest absolute Gasteiger partial charge is 0.256 e. The zero-order chi connectivity index (χ0) is 21.3. The van der Waals surface area contributed by atoms with Crippen LogP contribution in [0.25, 0.3) is 0 Å². The SMILES string of the molecule is CC(=O)c1ccccc1NC(=O)c1ccccc1SCC(=O)NCC1CCCCC1. The summed E-state index contributed by atoms with van der Waals surface area (Å²) in [6.07, 6.45) is 6.20. The number of amides is 2. The van der Waals surface area contributed by atoms with E-state index in [1.807, 2.05) is 12.1 Å². The lowest BCUT2D eigenvalue weighted by Gasteiger charge is -2.21. The Morgan fingerprint density at radius 3 is 2.33 bits per heavy atom. The first kappa shape index (κ1) is 22.1. The number of carbonyl (C=O) groups is 3. The van der Waals surface area contributed by atoms with Crippen LogP contribution in [-0.2, 0) is 4.79 Å². The molecular weight excluding hydrogens is 396 g/mol. The molecule has 30 heavy (non-hydrogen) atoms. The van der Waals surface area contributed by atoms with Crippen molar-refractivity contribution in [2.24, 2.45) is 5.92 Å². The minimum absolute atomic E-state index is 0.0114. The molecule has 0 bridgehead atoms. The molecule has 2 amide bonds. The molecule has 1 fully saturated rings. The summed E-state index contributed by atoms with van der Waals surface area (Å²) in [5, 5.41) is 5.86. The number of hydrogen-bond acceptors (Lipinski definition) is 4. The standard InChI is InChI=1S/C24H28N2O3S/c1-17(27)19-11-5-7-13-21(19)26-24(29)20-12-6-8-14-22(20)30-16-23(28)25-15-18-9-3-2-4-10-18/h5-8,11-14,18H,2-4,9-10,15-16H2,1H3,(H,25,28)(H,26,29). The molecule has 0 aromatic heterocycles. The van der Waals surface area contributed by atoms with Crippen LogP contribution < -0.4 is 10.6 Å². The first-order valence-corrected chi connectivity index (χ1v) is 11.4. The van der Waals surface area contributed by atoms with Gasteiger partial charge in [-0.05, 0) is 49.9 Å². The fourth-order valence-corrected chi connectivity index (χ4v) is 4.59. The Balaban J connectivity index is 1.59. The summed E-state index contributed by atoms with van der Waals surface area (Å²) < 4.78 is 0. The van der Waals surface area contributed by atoms with Crippen molar-refractivity contribution in [3.63, 3.8) is 0 Å². The van der Waals surface area contributed by atoms with Gasteiger partial charge in [0.05, 0.1) is 17.0 Å². The number of rotatable bonds is 8. The van der Waals surface area contributed by atoms with E-state index >= 15 is 0 Å². The summed E-state index contributed by atoms with van der Waals surface area (Å²) >= 11 is 1.35. The van der Waals surface area contributed by atoms with Crippen molar-refractivity contribution in [3.05, 3.63) is 59.7 Å². The first-order chi connectivity index (χ1) is 14.5. The van der Waals surface area contributed by atoms with E-state index in [9.17, 15) is 14.4 Å². The Hall–Kier alpha value is -2.60. The molecule has 2 aromatic carbocycles. The number of nitrogens with one attached hydrogen (secondary N) is 2. The second-order valence-electron chi connectivity index (χ2n) is 7.65. The third-order valence-electron chi connectivity index (χ3n) is 5.36. The molecule has 3 rings (SSSR count). The van der Waals surface area contributed by atoms with Crippen LogP contribution in [0.1, 0.15) is 59.7 Å². The van der Waals surface area contributed by atoms with Crippen LogP contribution in [0.3, 0.4) is 0 Å². The van der Waals surface area contributed by atoms with Gasteiger partial charge in [-0.25, -0.2) is 0 Å². The molecule has 0 aliphatic heterocycles. The molecule has 1 saturated carbocycles. The second kappa shape index (κ2) is 11.0. The van der Waals surface area contributed by atoms with Gasteiger partial charge in [0.25, 0.3) is 5.91 Å². The molecule has 2 N–H and O–H groups in total. The molecule has 6 heteroatoms. The number of carbonyl (C=O) groups excluding carboxylic acids is 3. The largest absolute Gasteiger partial charge is 0.355 e. The number of anilines is 1. The monoisotopic (exact) mass is 424 g/mol. The summed E-state index contributed by atoms with van der Waals surface area (Å²) in [5.41, 5.74) is 1.44. The molecule has 1 aliphatic carbocycles. The van der Waals surface area contributed by atoms with Crippen LogP contribution in [0, 0.1) is 5.92 Å². The van der Waals surface area contributed by atoms with Crippen LogP contribution in [0.15, 0.2) is 53.4 Å². The first-order valence-electron chi connectivity index (χ1n) is 10.4. The van der Waals surface area contributed by atoms with E-state index in [-0.39, 0.29) is 23.4 Å². The van der Waals surface area contributed by atoms with E-state index in [4.69, 9.17) is 0 Å². The van der Waals surface area contributed by atoms with Crippen molar-refractivity contribution in [3.8, 4) is 0 Å². The minimum Gasteiger partial charge on any atom is -0.355 e. The Bertz CT molecular complexity index is 907. The maximum absolute atomic E-state index is 12.9. The average molecular weight is 425 g/mol. The van der Waals surface area contributed by atoms with Gasteiger partial charge in [0.2, 0.25) is 5.91 Å². The molecule has 0 saturated heterocycles. The fraction of sp³-hybridized carbons (Fsp3) is 0.375. The average Bonchev–Trinajstić information content (AvgIpc) is 2.77. The van der Waals surface area contributed by atoms with Crippen molar-refractivity contribution in [2.75, 3.05) is 17.6 Å². The Labute approximate surface area is 182 Å². The Morgan fingerprint density at radius 2 is 1.60 bits per heavy atom. The van der Waals surface area contributed by atoms with Gasteiger partial charge in [-0.2, -0.15) is 0 Å². The topological polar surface area (TPSA) is 75.3 Å². The van der Waals surface area contributed by atoms with Gasteiger partial charge < -0.3 is 10.6 Å². The fourth-order valence-electron chi connectivity index (χ4n) is 3.71. The maximum Gasteiger partial charge on any atom is 0.256 e. The van der Waals surface area contributed by atoms with Crippen LogP contribution in [-0.4, -0.2) is 29.9 Å². The van der Waals surface area contributed by atoms with Crippen molar-refractivity contribution in [1.29, 1.82) is 0 Å². The number of ketones is 1. The molecule has 0 atom stereocenters. The van der Waals surface area contributed by atoms with Crippen LogP contribution in [0.2, 0.25) is 0 Å². The minimum atomic E-state index is -0.297. The van der Waals surface area contributed by atoms with Crippen LogP contribution >= 0.6 is 11.8 Å². The lowest BCUT2D eigenvalue weighted by Crippen LogP contribution is -2.31. The summed E-state index contributed by atoms with van der Waals surface area (Å²) in [5.74, 6) is 0.438. The summed E-state index contributed by atoms with van der Waals surface area (Å²) in [6, 6.07) is 14.2. The van der Waals surface area contributed by atoms with E-state index in [2.05, 4.69) is 10.6 Å². The van der Waals surface area contributed by atoms with E-state index < -0.39 is 0 Å². The number of hydrogen-bond donors (Lipinski definition) is 2. The highest BCUT2D eigenvalue weighted by Crippen LogP contribution is 2.25. The quantitative estimate of drug-likeness (QED) is 0.465. The van der Waals surface area contributed by atoms with Crippen LogP contribution in [0.5, 0.6) is 0 Å². The molecular formula is C24H28N2O3S. The highest BCUT2D eigenvalue weighted by molar-refractivity contribution is 8.00. The Kier molecular flexibility index (Phi) is 8.08. The molecule has 0 spiro atoms. The van der Waals surface area contributed by atoms with Gasteiger partial charge in [0, 0.05) is 17.0 Å². The molecule has 158 valence electrons. The third kappa shape index (κ3) is 6.20. The molecule has 0 radical (unpaired) electrons. The second-order valence-corrected chi connectivity index (χ2v) is 8.67. The van der Waals surface area contributed by atoms with E-state index in [0.717, 1.165) is 11.4 Å². The molecule has 0 heterocycles. The number of Topliss-reactive ketones (excluding diaryl/α,β-unsaturated/α-hetero) is 1. The molecule has 0 unspecified atom stereocenters. The van der Waals surface area contributed by atoms with Gasteiger partial charge in [-0.3, -0.25) is 14.4 Å². The van der Waals surface area contributed by atoms with E-state index in [1.54, 1.807) is 36.4 Å². The van der Waals surface area contributed by atoms with Gasteiger partial charge in [-0.15, -0.1) is 11.8 Å². The maximum atomic E-state index is 12.9. The lowest BCUT2D eigenvalue weighted by molar-refractivity contribution is -0.118. The molecule has 2 aromatic rings. The number of thioether (sulfide) groups is 1. The molecule has 1 aliphatic rings. The van der Waals surface area contributed by atoms with Crippen LogP contribution in [0.4, 0.5) is 5.69 Å². The number of benzene rings is 2. The molecule has 5 nitrogen and oxygen atoms in total. The predicted molar refractivity (Wildman–Crippen MR) is 121 cm³/mol. The van der Waals surface area contributed by atoms with Crippen molar-refractivity contribution in [1.82, 2.24) is 5.32 Å². The van der Waals surface area contributed by atoms with Gasteiger partial charge >= 0.3 is 0 Å². The van der Waals surface area contributed by atoms with Crippen molar-refractivity contribution in [2.45, 2.75) is 43.9 Å². The zero-order valence-corrected chi connectivity index (χ0v) is 18.1. The predicted octanol–water partition coefficient (Wildman–Crippen LogP) is 4.93.